The summed E-state index contributed by atoms with van der Waals surface area (Å²) in [6.07, 6.45) is 2.05. The predicted molar refractivity (Wildman–Crippen MR) is 65.6 cm³/mol. The normalized spacial score (nSPS) is 11.0. The summed E-state index contributed by atoms with van der Waals surface area (Å²) in [7, 11) is 0. The van der Waals surface area contributed by atoms with Crippen LogP contribution in [0, 0.1) is 6.92 Å². The molecule has 0 saturated heterocycles. The molecule has 0 spiro atoms. The number of aryl methyl sites for hydroxylation is 2. The molecule has 1 aromatic rings. The Hall–Kier alpha value is -1.16. The number of hydrogen-bond acceptors (Lipinski definition) is 3. The first-order valence-electron chi connectivity index (χ1n) is 5.88. The molecule has 4 heteroatoms. The fourth-order valence-electron chi connectivity index (χ4n) is 1.49. The molecule has 4 nitrogen and oxygen atoms in total. The molecule has 0 aliphatic rings. The van der Waals surface area contributed by atoms with Crippen LogP contribution in [0.15, 0.2) is 16.9 Å². The molecule has 90 valence electrons. The van der Waals surface area contributed by atoms with Crippen molar-refractivity contribution in [1.82, 2.24) is 15.1 Å². The van der Waals surface area contributed by atoms with Gasteiger partial charge in [0.1, 0.15) is 0 Å². The Morgan fingerprint density at radius 3 is 2.81 bits per heavy atom. The van der Waals surface area contributed by atoms with Crippen LogP contribution >= 0.6 is 0 Å². The number of hydrogen-bond donors (Lipinski definition) is 1. The third kappa shape index (κ3) is 4.57. The zero-order valence-electron chi connectivity index (χ0n) is 10.4. The Labute approximate surface area is 96.7 Å². The van der Waals surface area contributed by atoms with Crippen molar-refractivity contribution in [2.75, 3.05) is 6.54 Å². The van der Waals surface area contributed by atoms with Gasteiger partial charge in [0.05, 0.1) is 5.69 Å². The minimum Gasteiger partial charge on any atom is -0.315 e. The second kappa shape index (κ2) is 6.43. The largest absolute Gasteiger partial charge is 0.315 e. The van der Waals surface area contributed by atoms with E-state index in [0.29, 0.717) is 12.6 Å². The third-order valence-electron chi connectivity index (χ3n) is 2.35. The Balaban J connectivity index is 2.32. The topological polar surface area (TPSA) is 46.9 Å². The summed E-state index contributed by atoms with van der Waals surface area (Å²) < 4.78 is 1.55. The summed E-state index contributed by atoms with van der Waals surface area (Å²) in [5.74, 6) is 0. The molecule has 0 saturated carbocycles. The average molecular weight is 223 g/mol. The fraction of sp³-hybridized carbons (Fsp3) is 0.667. The molecule has 0 unspecified atom stereocenters. The molecular weight excluding hydrogens is 202 g/mol. The summed E-state index contributed by atoms with van der Waals surface area (Å²) >= 11 is 0. The monoisotopic (exact) mass is 223 g/mol. The molecule has 0 radical (unpaired) electrons. The Kier molecular flexibility index (Phi) is 5.19. The molecule has 0 bridgehead atoms. The molecule has 0 atom stereocenters. The van der Waals surface area contributed by atoms with Crippen LogP contribution in [0.1, 0.15) is 32.4 Å². The predicted octanol–water partition coefficient (Wildman–Crippen LogP) is 1.33. The summed E-state index contributed by atoms with van der Waals surface area (Å²) in [6.45, 7) is 7.87. The number of nitrogens with zero attached hydrogens (tertiary/aromatic N) is 2. The van der Waals surface area contributed by atoms with Crippen molar-refractivity contribution in [3.05, 3.63) is 28.2 Å². The fourth-order valence-corrected chi connectivity index (χ4v) is 1.49. The molecule has 1 heterocycles. The van der Waals surface area contributed by atoms with Crippen molar-refractivity contribution in [1.29, 1.82) is 0 Å². The van der Waals surface area contributed by atoms with E-state index in [1.165, 1.54) is 0 Å². The highest BCUT2D eigenvalue weighted by Crippen LogP contribution is 1.92. The lowest BCUT2D eigenvalue weighted by atomic mass is 10.3. The first-order valence-corrected chi connectivity index (χ1v) is 5.88. The average Bonchev–Trinajstić information content (AvgIpc) is 2.22. The lowest BCUT2D eigenvalue weighted by Gasteiger charge is -2.08. The molecule has 1 N–H and O–H groups in total. The Morgan fingerprint density at radius 1 is 1.38 bits per heavy atom. The summed E-state index contributed by atoms with van der Waals surface area (Å²) in [5, 5.41) is 7.54. The highest BCUT2D eigenvalue weighted by Gasteiger charge is 1.98. The van der Waals surface area contributed by atoms with E-state index in [4.69, 9.17) is 0 Å². The quantitative estimate of drug-likeness (QED) is 0.740. The summed E-state index contributed by atoms with van der Waals surface area (Å²) in [5.41, 5.74) is 0.877. The van der Waals surface area contributed by atoms with Crippen molar-refractivity contribution in [3.63, 3.8) is 0 Å². The maximum absolute atomic E-state index is 11.4. The summed E-state index contributed by atoms with van der Waals surface area (Å²) in [4.78, 5) is 11.4. The van der Waals surface area contributed by atoms with Crippen molar-refractivity contribution >= 4 is 0 Å². The van der Waals surface area contributed by atoms with Crippen LogP contribution in [-0.2, 0) is 6.54 Å². The molecular formula is C12H21N3O. The van der Waals surface area contributed by atoms with Crippen LogP contribution in [0.25, 0.3) is 0 Å². The maximum Gasteiger partial charge on any atom is 0.266 e. The van der Waals surface area contributed by atoms with E-state index in [-0.39, 0.29) is 5.56 Å². The minimum absolute atomic E-state index is 0.0116. The standard InChI is InChI=1S/C12H21N3O/c1-10(2)13-8-4-5-9-15-12(16)7-6-11(3)14-15/h6-7,10,13H,4-5,8-9H2,1-3H3. The lowest BCUT2D eigenvalue weighted by molar-refractivity contribution is 0.496. The molecule has 0 aliphatic heterocycles. The van der Waals surface area contributed by atoms with Gasteiger partial charge in [-0.05, 0) is 32.4 Å². The number of aromatic nitrogens is 2. The van der Waals surface area contributed by atoms with Gasteiger partial charge < -0.3 is 5.32 Å². The van der Waals surface area contributed by atoms with Crippen molar-refractivity contribution < 1.29 is 0 Å². The van der Waals surface area contributed by atoms with Crippen molar-refractivity contribution in [2.45, 2.75) is 46.2 Å². The number of nitrogens with one attached hydrogen (secondary N) is 1. The van der Waals surface area contributed by atoms with E-state index in [0.717, 1.165) is 25.1 Å². The Bertz CT molecular complexity index is 371. The molecule has 1 aromatic heterocycles. The zero-order valence-corrected chi connectivity index (χ0v) is 10.4. The van der Waals surface area contributed by atoms with E-state index in [9.17, 15) is 4.79 Å². The SMILES string of the molecule is Cc1ccc(=O)n(CCCCNC(C)C)n1. The van der Waals surface area contributed by atoms with Crippen molar-refractivity contribution in [2.24, 2.45) is 0 Å². The lowest BCUT2D eigenvalue weighted by Crippen LogP contribution is -2.25. The smallest absolute Gasteiger partial charge is 0.266 e. The third-order valence-corrected chi connectivity index (χ3v) is 2.35. The zero-order chi connectivity index (χ0) is 12.0. The van der Waals surface area contributed by atoms with Crippen LogP contribution in [0.4, 0.5) is 0 Å². The number of unbranched alkanes of at least 4 members (excludes halogenated alkanes) is 1. The second-order valence-corrected chi connectivity index (χ2v) is 4.35. The second-order valence-electron chi connectivity index (χ2n) is 4.35. The van der Waals surface area contributed by atoms with Gasteiger partial charge in [0.15, 0.2) is 0 Å². The van der Waals surface area contributed by atoms with Crippen LogP contribution in [0.5, 0.6) is 0 Å². The first kappa shape index (κ1) is 12.9. The van der Waals surface area contributed by atoms with Gasteiger partial charge in [0, 0.05) is 18.7 Å². The van der Waals surface area contributed by atoms with Gasteiger partial charge in [-0.15, -0.1) is 0 Å². The van der Waals surface area contributed by atoms with E-state index >= 15 is 0 Å². The van der Waals surface area contributed by atoms with Crippen LogP contribution < -0.4 is 10.9 Å². The van der Waals surface area contributed by atoms with Gasteiger partial charge in [0.25, 0.3) is 5.56 Å². The first-order chi connectivity index (χ1) is 7.59. The summed E-state index contributed by atoms with van der Waals surface area (Å²) in [6, 6.07) is 3.85. The van der Waals surface area contributed by atoms with Gasteiger partial charge in [-0.25, -0.2) is 4.68 Å². The van der Waals surface area contributed by atoms with E-state index < -0.39 is 0 Å². The minimum atomic E-state index is -0.0116. The number of rotatable bonds is 6. The highest BCUT2D eigenvalue weighted by molar-refractivity contribution is 4.96. The van der Waals surface area contributed by atoms with Crippen molar-refractivity contribution in [3.8, 4) is 0 Å². The van der Waals surface area contributed by atoms with E-state index in [2.05, 4.69) is 24.3 Å². The Morgan fingerprint density at radius 2 is 2.12 bits per heavy atom. The van der Waals surface area contributed by atoms with Crippen LogP contribution in [-0.4, -0.2) is 22.4 Å². The van der Waals surface area contributed by atoms with Gasteiger partial charge >= 0.3 is 0 Å². The molecule has 0 aliphatic carbocycles. The molecule has 0 amide bonds. The van der Waals surface area contributed by atoms with Gasteiger partial charge in [-0.3, -0.25) is 4.79 Å². The van der Waals surface area contributed by atoms with Gasteiger partial charge in [0.2, 0.25) is 0 Å². The van der Waals surface area contributed by atoms with Gasteiger partial charge in [-0.2, -0.15) is 5.10 Å². The van der Waals surface area contributed by atoms with E-state index in [1.807, 2.05) is 6.92 Å². The van der Waals surface area contributed by atoms with Crippen LogP contribution in [0.2, 0.25) is 0 Å². The maximum atomic E-state index is 11.4. The van der Waals surface area contributed by atoms with Crippen LogP contribution in [0.3, 0.4) is 0 Å². The highest BCUT2D eigenvalue weighted by atomic mass is 16.1. The molecule has 1 rings (SSSR count). The molecule has 16 heavy (non-hydrogen) atoms. The van der Waals surface area contributed by atoms with E-state index in [1.54, 1.807) is 16.8 Å². The molecule has 0 fully saturated rings. The van der Waals surface area contributed by atoms with Gasteiger partial charge in [-0.1, -0.05) is 13.8 Å². The molecule has 0 aromatic carbocycles.